The van der Waals surface area contributed by atoms with Crippen LogP contribution in [0, 0.1) is 0 Å². The second-order valence-corrected chi connectivity index (χ2v) is 9.40. The molecule has 1 rings (SSSR count). The molecular weight excluding hydrogens is 290 g/mol. The molecule has 6 nitrogen and oxygen atoms in total. The van der Waals surface area contributed by atoms with Crippen molar-refractivity contribution >= 4 is 15.7 Å². The van der Waals surface area contributed by atoms with E-state index in [0.717, 1.165) is 25.9 Å². The first kappa shape index (κ1) is 18.4. The van der Waals surface area contributed by atoms with E-state index in [9.17, 15) is 13.2 Å². The number of hydrogen-bond donors (Lipinski definition) is 1. The summed E-state index contributed by atoms with van der Waals surface area (Å²) in [7, 11) is 0.473. The quantitative estimate of drug-likeness (QED) is 0.743. The molecule has 0 spiro atoms. The summed E-state index contributed by atoms with van der Waals surface area (Å²) in [6, 6.07) is 0.330. The first-order valence-corrected chi connectivity index (χ1v) is 9.27. The molecule has 0 atom stereocenters. The van der Waals surface area contributed by atoms with Crippen molar-refractivity contribution in [2.24, 2.45) is 0 Å². The molecule has 0 bridgehead atoms. The molecule has 1 amide bonds. The molecule has 1 aliphatic rings. The molecular formula is C14H29N3O3S. The molecule has 1 aliphatic heterocycles. The Morgan fingerprint density at radius 1 is 1.29 bits per heavy atom. The largest absolute Gasteiger partial charge is 0.348 e. The fourth-order valence-corrected chi connectivity index (χ4v) is 2.49. The Morgan fingerprint density at radius 2 is 1.81 bits per heavy atom. The summed E-state index contributed by atoms with van der Waals surface area (Å²) in [6.45, 7) is 6.18. The maximum absolute atomic E-state index is 11.7. The third-order valence-electron chi connectivity index (χ3n) is 4.27. The smallest absolute Gasteiger partial charge is 0.236 e. The molecule has 21 heavy (non-hydrogen) atoms. The van der Waals surface area contributed by atoms with E-state index in [1.807, 2.05) is 0 Å². The summed E-state index contributed by atoms with van der Waals surface area (Å²) in [6.07, 6.45) is 3.17. The molecule has 0 aromatic carbocycles. The maximum atomic E-state index is 11.7. The van der Waals surface area contributed by atoms with E-state index in [0.29, 0.717) is 19.1 Å². The Labute approximate surface area is 128 Å². The van der Waals surface area contributed by atoms with Gasteiger partial charge in [-0.05, 0) is 26.7 Å². The lowest BCUT2D eigenvalue weighted by molar-refractivity contribution is -0.130. The standard InChI is InChI=1S/C14H29N3O3S/c1-14(2,21(5,19)20)11-15-12-6-8-17(9-7-12)10-13(18)16(3)4/h12,15H,6-11H2,1-5H3. The number of likely N-dealkylation sites (N-methyl/N-ethyl adjacent to an activating group) is 1. The molecule has 0 radical (unpaired) electrons. The van der Waals surface area contributed by atoms with Gasteiger partial charge in [0, 0.05) is 46.0 Å². The molecule has 1 N–H and O–H groups in total. The number of likely N-dealkylation sites (tertiary alicyclic amines) is 1. The van der Waals surface area contributed by atoms with E-state index in [4.69, 9.17) is 0 Å². The predicted octanol–water partition coefficient (Wildman–Crippen LogP) is -0.0482. The molecule has 1 heterocycles. The van der Waals surface area contributed by atoms with Gasteiger partial charge in [-0.1, -0.05) is 0 Å². The molecule has 0 aliphatic carbocycles. The van der Waals surface area contributed by atoms with Crippen LogP contribution in [0.3, 0.4) is 0 Å². The van der Waals surface area contributed by atoms with Gasteiger partial charge in [0.15, 0.2) is 9.84 Å². The van der Waals surface area contributed by atoms with Gasteiger partial charge in [-0.2, -0.15) is 0 Å². The second-order valence-electron chi connectivity index (χ2n) is 6.75. The van der Waals surface area contributed by atoms with Gasteiger partial charge in [0.25, 0.3) is 0 Å². The lowest BCUT2D eigenvalue weighted by atomic mass is 10.0. The fraction of sp³-hybridized carbons (Fsp3) is 0.929. The summed E-state index contributed by atoms with van der Waals surface area (Å²) in [5.41, 5.74) is 0. The van der Waals surface area contributed by atoms with Gasteiger partial charge in [0.05, 0.1) is 11.3 Å². The van der Waals surface area contributed by atoms with Crippen LogP contribution in [0.15, 0.2) is 0 Å². The zero-order valence-electron chi connectivity index (χ0n) is 13.8. The number of nitrogens with one attached hydrogen (secondary N) is 1. The SMILES string of the molecule is CN(C)C(=O)CN1CCC(NCC(C)(C)S(C)(=O)=O)CC1. The van der Waals surface area contributed by atoms with E-state index in [1.54, 1.807) is 32.8 Å². The summed E-state index contributed by atoms with van der Waals surface area (Å²) in [5, 5.41) is 3.36. The highest BCUT2D eigenvalue weighted by molar-refractivity contribution is 7.92. The number of carbonyl (C=O) groups is 1. The molecule has 1 saturated heterocycles. The van der Waals surface area contributed by atoms with Gasteiger partial charge in [-0.3, -0.25) is 9.69 Å². The summed E-state index contributed by atoms with van der Waals surface area (Å²) in [5.74, 6) is 0.125. The van der Waals surface area contributed by atoms with Crippen molar-refractivity contribution in [1.82, 2.24) is 15.1 Å². The lowest BCUT2D eigenvalue weighted by Crippen LogP contribution is -2.50. The van der Waals surface area contributed by atoms with Gasteiger partial charge in [0.1, 0.15) is 0 Å². The summed E-state index contributed by atoms with van der Waals surface area (Å²) in [4.78, 5) is 15.4. The Morgan fingerprint density at radius 3 is 2.24 bits per heavy atom. The highest BCUT2D eigenvalue weighted by Gasteiger charge is 2.31. The van der Waals surface area contributed by atoms with Crippen molar-refractivity contribution < 1.29 is 13.2 Å². The highest BCUT2D eigenvalue weighted by Crippen LogP contribution is 2.16. The first-order valence-electron chi connectivity index (χ1n) is 7.38. The average Bonchev–Trinajstić information content (AvgIpc) is 2.36. The molecule has 1 fully saturated rings. The number of nitrogens with zero attached hydrogens (tertiary/aromatic N) is 2. The molecule has 0 saturated carbocycles. The van der Waals surface area contributed by atoms with Gasteiger partial charge >= 0.3 is 0 Å². The van der Waals surface area contributed by atoms with Crippen LogP contribution in [-0.4, -0.2) is 81.4 Å². The minimum atomic E-state index is -3.06. The van der Waals surface area contributed by atoms with Gasteiger partial charge < -0.3 is 10.2 Å². The van der Waals surface area contributed by atoms with E-state index in [2.05, 4.69) is 10.2 Å². The Balaban J connectivity index is 2.36. The van der Waals surface area contributed by atoms with Crippen LogP contribution in [0.4, 0.5) is 0 Å². The van der Waals surface area contributed by atoms with Crippen LogP contribution in [0.25, 0.3) is 0 Å². The minimum Gasteiger partial charge on any atom is -0.348 e. The lowest BCUT2D eigenvalue weighted by Gasteiger charge is -2.34. The van der Waals surface area contributed by atoms with Crippen molar-refractivity contribution in [1.29, 1.82) is 0 Å². The van der Waals surface area contributed by atoms with Crippen molar-refractivity contribution in [3.8, 4) is 0 Å². The number of hydrogen-bond acceptors (Lipinski definition) is 5. The third-order valence-corrected chi connectivity index (χ3v) is 6.42. The van der Waals surface area contributed by atoms with Crippen molar-refractivity contribution in [2.45, 2.75) is 37.5 Å². The van der Waals surface area contributed by atoms with Crippen LogP contribution < -0.4 is 5.32 Å². The van der Waals surface area contributed by atoms with Crippen molar-refractivity contribution in [3.63, 3.8) is 0 Å². The van der Waals surface area contributed by atoms with E-state index in [-0.39, 0.29) is 5.91 Å². The van der Waals surface area contributed by atoms with E-state index >= 15 is 0 Å². The van der Waals surface area contributed by atoms with Crippen LogP contribution in [0.2, 0.25) is 0 Å². The normalized spacial score (nSPS) is 18.7. The topological polar surface area (TPSA) is 69.7 Å². The predicted molar refractivity (Wildman–Crippen MR) is 85.1 cm³/mol. The summed E-state index contributed by atoms with van der Waals surface area (Å²) >= 11 is 0. The number of piperidine rings is 1. The molecule has 124 valence electrons. The first-order chi connectivity index (χ1) is 9.53. The zero-order valence-corrected chi connectivity index (χ0v) is 14.7. The average molecular weight is 319 g/mol. The molecule has 7 heteroatoms. The Bertz CT molecular complexity index is 452. The molecule has 0 unspecified atom stereocenters. The number of sulfone groups is 1. The maximum Gasteiger partial charge on any atom is 0.236 e. The van der Waals surface area contributed by atoms with Gasteiger partial charge in [0.2, 0.25) is 5.91 Å². The zero-order chi connectivity index (χ0) is 16.3. The minimum absolute atomic E-state index is 0.125. The van der Waals surface area contributed by atoms with Crippen molar-refractivity contribution in [2.75, 3.05) is 46.5 Å². The summed E-state index contributed by atoms with van der Waals surface area (Å²) < 4.78 is 22.6. The van der Waals surface area contributed by atoms with Crippen LogP contribution in [-0.2, 0) is 14.6 Å². The van der Waals surface area contributed by atoms with Crippen LogP contribution >= 0.6 is 0 Å². The number of amides is 1. The second kappa shape index (κ2) is 7.07. The van der Waals surface area contributed by atoms with Crippen LogP contribution in [0.5, 0.6) is 0 Å². The van der Waals surface area contributed by atoms with Gasteiger partial charge in [-0.25, -0.2) is 8.42 Å². The van der Waals surface area contributed by atoms with Crippen LogP contribution in [0.1, 0.15) is 26.7 Å². The highest BCUT2D eigenvalue weighted by atomic mass is 32.2. The monoisotopic (exact) mass is 319 g/mol. The third kappa shape index (κ3) is 5.56. The van der Waals surface area contributed by atoms with E-state index in [1.165, 1.54) is 6.26 Å². The number of rotatable bonds is 6. The van der Waals surface area contributed by atoms with Gasteiger partial charge in [-0.15, -0.1) is 0 Å². The van der Waals surface area contributed by atoms with Crippen molar-refractivity contribution in [3.05, 3.63) is 0 Å². The number of carbonyl (C=O) groups excluding carboxylic acids is 1. The Kier molecular flexibility index (Phi) is 6.19. The molecule has 0 aromatic rings. The molecule has 0 aromatic heterocycles. The Hall–Kier alpha value is -0.660. The van der Waals surface area contributed by atoms with E-state index < -0.39 is 14.6 Å². The fourth-order valence-electron chi connectivity index (χ4n) is 2.15.